The Labute approximate surface area is 130 Å². The molecule has 1 aromatic carbocycles. The summed E-state index contributed by atoms with van der Waals surface area (Å²) < 4.78 is 30.3. The minimum atomic E-state index is -3.09. The number of hydrogen-bond acceptors (Lipinski definition) is 5. The molecule has 0 N–H and O–H groups in total. The number of nitrogens with zero attached hydrogens (tertiary/aromatic N) is 3. The molecule has 1 aromatic heterocycles. The maximum atomic E-state index is 11.5. The number of oxazole rings is 1. The number of hydrogen-bond donors (Lipinski definition) is 0. The topological polar surface area (TPSA) is 66.7 Å². The summed E-state index contributed by atoms with van der Waals surface area (Å²) >= 11 is 0. The van der Waals surface area contributed by atoms with Gasteiger partial charge in [0.25, 0.3) is 0 Å². The Kier molecular flexibility index (Phi) is 4.28. The van der Waals surface area contributed by atoms with Crippen LogP contribution in [0.15, 0.2) is 40.9 Å². The second-order valence-corrected chi connectivity index (χ2v) is 7.40. The average molecular weight is 321 g/mol. The van der Waals surface area contributed by atoms with Crippen molar-refractivity contribution in [1.29, 1.82) is 0 Å². The molecule has 118 valence electrons. The van der Waals surface area contributed by atoms with Crippen LogP contribution in [0.2, 0.25) is 0 Å². The van der Waals surface area contributed by atoms with Gasteiger partial charge in [-0.3, -0.25) is 4.90 Å². The smallest absolute Gasteiger partial charge is 0.211 e. The Hall–Kier alpha value is -1.70. The van der Waals surface area contributed by atoms with Crippen LogP contribution in [0, 0.1) is 0 Å². The summed E-state index contributed by atoms with van der Waals surface area (Å²) in [5.41, 5.74) is 1.00. The van der Waals surface area contributed by atoms with Crippen molar-refractivity contribution in [3.63, 3.8) is 0 Å². The van der Waals surface area contributed by atoms with Gasteiger partial charge < -0.3 is 4.42 Å². The quantitative estimate of drug-likeness (QED) is 0.852. The van der Waals surface area contributed by atoms with Crippen LogP contribution in [-0.4, -0.2) is 55.0 Å². The molecule has 1 aliphatic rings. The molecule has 6 nitrogen and oxygen atoms in total. The summed E-state index contributed by atoms with van der Waals surface area (Å²) in [6, 6.07) is 9.84. The molecule has 0 atom stereocenters. The Bertz CT molecular complexity index is 720. The van der Waals surface area contributed by atoms with E-state index in [9.17, 15) is 8.42 Å². The maximum absolute atomic E-state index is 11.5. The molecule has 22 heavy (non-hydrogen) atoms. The lowest BCUT2D eigenvalue weighted by molar-refractivity contribution is 0.169. The van der Waals surface area contributed by atoms with Gasteiger partial charge in [-0.05, 0) is 0 Å². The zero-order valence-electron chi connectivity index (χ0n) is 12.5. The largest absolute Gasteiger partial charge is 0.439 e. The fourth-order valence-corrected chi connectivity index (χ4v) is 3.36. The van der Waals surface area contributed by atoms with Crippen molar-refractivity contribution >= 4 is 10.0 Å². The summed E-state index contributed by atoms with van der Waals surface area (Å²) in [4.78, 5) is 6.47. The molecule has 1 fully saturated rings. The van der Waals surface area contributed by atoms with E-state index in [0.29, 0.717) is 38.6 Å². The van der Waals surface area contributed by atoms with Crippen molar-refractivity contribution in [1.82, 2.24) is 14.2 Å². The lowest BCUT2D eigenvalue weighted by Gasteiger charge is -2.32. The standard InChI is InChI=1S/C15H19N3O3S/c1-22(19,20)18-9-7-17(8-10-18)12-15-16-11-14(21-15)13-5-3-2-4-6-13/h2-6,11H,7-10,12H2,1H3. The van der Waals surface area contributed by atoms with Gasteiger partial charge in [0.2, 0.25) is 15.9 Å². The van der Waals surface area contributed by atoms with E-state index < -0.39 is 10.0 Å². The van der Waals surface area contributed by atoms with E-state index in [4.69, 9.17) is 4.42 Å². The number of piperazine rings is 1. The molecule has 2 aromatic rings. The molecule has 0 aliphatic carbocycles. The minimum absolute atomic E-state index is 0.519. The van der Waals surface area contributed by atoms with Gasteiger partial charge in [0.15, 0.2) is 5.76 Å². The summed E-state index contributed by atoms with van der Waals surface area (Å²) in [7, 11) is -3.09. The molecule has 0 spiro atoms. The highest BCUT2D eigenvalue weighted by Crippen LogP contribution is 2.20. The van der Waals surface area contributed by atoms with Crippen LogP contribution in [0.5, 0.6) is 0 Å². The first-order valence-electron chi connectivity index (χ1n) is 7.20. The predicted molar refractivity (Wildman–Crippen MR) is 83.6 cm³/mol. The maximum Gasteiger partial charge on any atom is 0.211 e. The Morgan fingerprint density at radius 2 is 1.82 bits per heavy atom. The Balaban J connectivity index is 1.60. The highest BCUT2D eigenvalue weighted by atomic mass is 32.2. The van der Waals surface area contributed by atoms with Gasteiger partial charge in [-0.25, -0.2) is 13.4 Å². The predicted octanol–water partition coefficient (Wildman–Crippen LogP) is 1.42. The van der Waals surface area contributed by atoms with E-state index in [2.05, 4.69) is 9.88 Å². The fraction of sp³-hybridized carbons (Fsp3) is 0.400. The van der Waals surface area contributed by atoms with E-state index in [1.54, 1.807) is 6.20 Å². The first-order valence-corrected chi connectivity index (χ1v) is 9.05. The van der Waals surface area contributed by atoms with Crippen molar-refractivity contribution in [3.05, 3.63) is 42.4 Å². The highest BCUT2D eigenvalue weighted by molar-refractivity contribution is 7.88. The van der Waals surface area contributed by atoms with Crippen LogP contribution < -0.4 is 0 Å². The first kappa shape index (κ1) is 15.2. The van der Waals surface area contributed by atoms with E-state index >= 15 is 0 Å². The zero-order valence-corrected chi connectivity index (χ0v) is 13.3. The molecule has 7 heteroatoms. The van der Waals surface area contributed by atoms with Crippen LogP contribution in [0.25, 0.3) is 11.3 Å². The average Bonchev–Trinajstić information content (AvgIpc) is 2.96. The van der Waals surface area contributed by atoms with Crippen molar-refractivity contribution < 1.29 is 12.8 Å². The van der Waals surface area contributed by atoms with Crippen molar-refractivity contribution in [2.45, 2.75) is 6.54 Å². The normalized spacial score (nSPS) is 17.7. The van der Waals surface area contributed by atoms with Crippen molar-refractivity contribution in [3.8, 4) is 11.3 Å². The molecule has 3 rings (SSSR count). The summed E-state index contributed by atoms with van der Waals surface area (Å²) in [6.45, 7) is 3.02. The monoisotopic (exact) mass is 321 g/mol. The summed E-state index contributed by atoms with van der Waals surface area (Å²) in [6.07, 6.45) is 2.99. The number of sulfonamides is 1. The lowest BCUT2D eigenvalue weighted by Crippen LogP contribution is -2.47. The van der Waals surface area contributed by atoms with E-state index in [1.807, 2.05) is 30.3 Å². The summed E-state index contributed by atoms with van der Waals surface area (Å²) in [5, 5.41) is 0. The van der Waals surface area contributed by atoms with Gasteiger partial charge in [-0.1, -0.05) is 30.3 Å². The summed E-state index contributed by atoms with van der Waals surface area (Å²) in [5.74, 6) is 1.41. The SMILES string of the molecule is CS(=O)(=O)N1CCN(Cc2ncc(-c3ccccc3)o2)CC1. The van der Waals surface area contributed by atoms with Gasteiger partial charge in [0.05, 0.1) is 19.0 Å². The third-order valence-corrected chi connectivity index (χ3v) is 5.07. The minimum Gasteiger partial charge on any atom is -0.439 e. The van der Waals surface area contributed by atoms with E-state index in [-0.39, 0.29) is 0 Å². The van der Waals surface area contributed by atoms with Crippen LogP contribution in [0.3, 0.4) is 0 Å². The van der Waals surface area contributed by atoms with Crippen LogP contribution in [0.4, 0.5) is 0 Å². The molecule has 1 saturated heterocycles. The number of rotatable bonds is 4. The molecular weight excluding hydrogens is 302 g/mol. The third kappa shape index (κ3) is 3.55. The highest BCUT2D eigenvalue weighted by Gasteiger charge is 2.24. The second kappa shape index (κ2) is 6.20. The molecule has 0 radical (unpaired) electrons. The van der Waals surface area contributed by atoms with Gasteiger partial charge in [0.1, 0.15) is 0 Å². The molecule has 0 bridgehead atoms. The lowest BCUT2D eigenvalue weighted by atomic mass is 10.2. The third-order valence-electron chi connectivity index (χ3n) is 3.77. The molecule has 0 unspecified atom stereocenters. The van der Waals surface area contributed by atoms with Gasteiger partial charge >= 0.3 is 0 Å². The molecule has 0 amide bonds. The number of aromatic nitrogens is 1. The van der Waals surface area contributed by atoms with Gasteiger partial charge in [-0.15, -0.1) is 0 Å². The second-order valence-electron chi connectivity index (χ2n) is 5.42. The van der Waals surface area contributed by atoms with E-state index in [0.717, 1.165) is 11.3 Å². The fourth-order valence-electron chi connectivity index (χ4n) is 2.53. The molecule has 0 saturated carbocycles. The van der Waals surface area contributed by atoms with Gasteiger partial charge in [0, 0.05) is 31.7 Å². The van der Waals surface area contributed by atoms with Crippen LogP contribution >= 0.6 is 0 Å². The van der Waals surface area contributed by atoms with Gasteiger partial charge in [-0.2, -0.15) is 4.31 Å². The molecular formula is C15H19N3O3S. The first-order chi connectivity index (χ1) is 10.5. The van der Waals surface area contributed by atoms with Crippen LogP contribution in [-0.2, 0) is 16.6 Å². The van der Waals surface area contributed by atoms with Crippen LogP contribution in [0.1, 0.15) is 5.89 Å². The Morgan fingerprint density at radius 3 is 2.45 bits per heavy atom. The Morgan fingerprint density at radius 1 is 1.14 bits per heavy atom. The molecule has 2 heterocycles. The van der Waals surface area contributed by atoms with Crippen molar-refractivity contribution in [2.24, 2.45) is 0 Å². The van der Waals surface area contributed by atoms with Crippen molar-refractivity contribution in [2.75, 3.05) is 32.4 Å². The zero-order chi connectivity index (χ0) is 15.6. The molecule has 1 aliphatic heterocycles. The number of benzene rings is 1. The van der Waals surface area contributed by atoms with E-state index in [1.165, 1.54) is 10.6 Å².